The Morgan fingerprint density at radius 1 is 1.24 bits per heavy atom. The van der Waals surface area contributed by atoms with Gasteiger partial charge in [-0.2, -0.15) is 0 Å². The maximum Gasteiger partial charge on any atom is 0.326 e. The van der Waals surface area contributed by atoms with Gasteiger partial charge in [-0.1, -0.05) is 6.07 Å². The van der Waals surface area contributed by atoms with E-state index >= 15 is 0 Å². The summed E-state index contributed by atoms with van der Waals surface area (Å²) >= 11 is 0. The number of esters is 1. The zero-order valence-corrected chi connectivity index (χ0v) is 17.1. The van der Waals surface area contributed by atoms with E-state index < -0.39 is 11.5 Å². The van der Waals surface area contributed by atoms with Gasteiger partial charge in [0, 0.05) is 35.6 Å². The number of nitrogens with zero attached hydrogens (tertiary/aromatic N) is 3. The summed E-state index contributed by atoms with van der Waals surface area (Å²) in [5.74, 6) is 0.216. The second-order valence-corrected chi connectivity index (χ2v) is 8.52. The lowest BCUT2D eigenvalue weighted by molar-refractivity contribution is -0.155. The molecule has 0 saturated heterocycles. The zero-order chi connectivity index (χ0) is 20.8. The van der Waals surface area contributed by atoms with E-state index in [1.807, 2.05) is 45.2 Å². The van der Waals surface area contributed by atoms with Crippen LogP contribution in [0.1, 0.15) is 49.8 Å². The van der Waals surface area contributed by atoms with Gasteiger partial charge in [-0.25, -0.2) is 4.98 Å². The highest BCUT2D eigenvalue weighted by Crippen LogP contribution is 2.30. The average Bonchev–Trinajstić information content (AvgIpc) is 3.21. The molecule has 1 aliphatic heterocycles. The van der Waals surface area contributed by atoms with Crippen molar-refractivity contribution in [3.8, 4) is 11.3 Å². The lowest BCUT2D eigenvalue weighted by atomic mass is 10.1. The van der Waals surface area contributed by atoms with E-state index in [0.717, 1.165) is 53.8 Å². The number of hydrogen-bond donors (Lipinski definition) is 1. The average molecular weight is 394 g/mol. The van der Waals surface area contributed by atoms with Crippen molar-refractivity contribution in [1.29, 1.82) is 0 Å². The quantitative estimate of drug-likeness (QED) is 0.688. The van der Waals surface area contributed by atoms with Gasteiger partial charge in [-0.15, -0.1) is 0 Å². The number of ether oxygens (including phenoxy) is 1. The third-order valence-corrected chi connectivity index (χ3v) is 5.13. The summed E-state index contributed by atoms with van der Waals surface area (Å²) in [6.45, 7) is 6.44. The molecular formula is C22H26N4O3. The van der Waals surface area contributed by atoms with Gasteiger partial charge in [0.2, 0.25) is 0 Å². The molecule has 0 unspecified atom stereocenters. The molecule has 1 aromatic carbocycles. The van der Waals surface area contributed by atoms with Gasteiger partial charge in [0.05, 0.1) is 17.5 Å². The Kier molecular flexibility index (Phi) is 4.68. The van der Waals surface area contributed by atoms with Gasteiger partial charge in [0.15, 0.2) is 0 Å². The Morgan fingerprint density at radius 2 is 2.03 bits per heavy atom. The minimum atomic E-state index is -0.569. The summed E-state index contributed by atoms with van der Waals surface area (Å²) in [6.07, 6.45) is 6.81. The normalized spacial score (nSPS) is 14.0. The summed E-state index contributed by atoms with van der Waals surface area (Å²) in [7, 11) is 0. The summed E-state index contributed by atoms with van der Waals surface area (Å²) in [4.78, 5) is 28.9. The number of primary amides is 1. The number of carbonyl (C=O) groups excluding carboxylic acids is 2. The monoisotopic (exact) mass is 394 g/mol. The van der Waals surface area contributed by atoms with Crippen molar-refractivity contribution in [2.75, 3.05) is 0 Å². The third kappa shape index (κ3) is 3.77. The molecule has 2 aromatic heterocycles. The van der Waals surface area contributed by atoms with Crippen LogP contribution in [-0.4, -0.2) is 31.6 Å². The molecule has 4 rings (SSSR count). The Labute approximate surface area is 169 Å². The second-order valence-electron chi connectivity index (χ2n) is 8.52. The minimum absolute atomic E-state index is 0.0163. The number of aromatic nitrogens is 3. The van der Waals surface area contributed by atoms with Crippen molar-refractivity contribution < 1.29 is 14.3 Å². The lowest BCUT2D eigenvalue weighted by Crippen LogP contribution is -2.26. The molecule has 7 nitrogen and oxygen atoms in total. The predicted octanol–water partition coefficient (Wildman–Crippen LogP) is 3.28. The molecule has 152 valence electrons. The van der Waals surface area contributed by atoms with E-state index in [1.54, 1.807) is 10.8 Å². The molecule has 0 fully saturated rings. The van der Waals surface area contributed by atoms with E-state index in [9.17, 15) is 9.59 Å². The van der Waals surface area contributed by atoms with E-state index in [0.29, 0.717) is 5.56 Å². The van der Waals surface area contributed by atoms with Crippen LogP contribution in [0.5, 0.6) is 0 Å². The highest BCUT2D eigenvalue weighted by Gasteiger charge is 2.21. The van der Waals surface area contributed by atoms with Crippen LogP contribution in [0.15, 0.2) is 30.6 Å². The van der Waals surface area contributed by atoms with Crippen LogP contribution in [0.3, 0.4) is 0 Å². The van der Waals surface area contributed by atoms with Gasteiger partial charge in [0.1, 0.15) is 18.0 Å². The first-order valence-corrected chi connectivity index (χ1v) is 9.92. The maximum absolute atomic E-state index is 12.3. The fourth-order valence-electron chi connectivity index (χ4n) is 3.94. The molecule has 0 atom stereocenters. The van der Waals surface area contributed by atoms with E-state index in [2.05, 4.69) is 9.55 Å². The van der Waals surface area contributed by atoms with Gasteiger partial charge in [-0.3, -0.25) is 9.59 Å². The fraction of sp³-hybridized carbons (Fsp3) is 0.409. The molecule has 0 aliphatic carbocycles. The fourth-order valence-corrected chi connectivity index (χ4v) is 3.94. The number of nitrogens with two attached hydrogens (primary N) is 1. The van der Waals surface area contributed by atoms with Crippen LogP contribution in [0.4, 0.5) is 0 Å². The summed E-state index contributed by atoms with van der Waals surface area (Å²) in [5.41, 5.74) is 8.23. The van der Waals surface area contributed by atoms with Crippen LogP contribution in [0.25, 0.3) is 22.2 Å². The molecule has 0 bridgehead atoms. The van der Waals surface area contributed by atoms with Gasteiger partial charge in [-0.05, 0) is 45.7 Å². The maximum atomic E-state index is 12.3. The number of aryl methyl sites for hydroxylation is 1. The second kappa shape index (κ2) is 7.06. The molecule has 3 aromatic rings. The van der Waals surface area contributed by atoms with Crippen molar-refractivity contribution in [2.24, 2.45) is 5.73 Å². The standard InChI is InChI=1S/C22H26N4O3/c1-22(2,3)29-20(27)13-25-12-16(21(23)28)15-10-14(7-8-17(15)25)18-11-24-19-6-4-5-9-26(18)19/h7-8,10-12H,4-6,9,13H2,1-3H3,(H2,23,28). The Bertz CT molecular complexity index is 1100. The highest BCUT2D eigenvalue weighted by molar-refractivity contribution is 6.07. The molecule has 0 saturated carbocycles. The van der Waals surface area contributed by atoms with Crippen molar-refractivity contribution >= 4 is 22.8 Å². The third-order valence-electron chi connectivity index (χ3n) is 5.13. The Balaban J connectivity index is 1.75. The molecule has 2 N–H and O–H groups in total. The van der Waals surface area contributed by atoms with Crippen LogP contribution >= 0.6 is 0 Å². The number of benzene rings is 1. The zero-order valence-electron chi connectivity index (χ0n) is 17.1. The van der Waals surface area contributed by atoms with Gasteiger partial charge in [0.25, 0.3) is 5.91 Å². The smallest absolute Gasteiger partial charge is 0.326 e. The van der Waals surface area contributed by atoms with E-state index in [1.165, 1.54) is 0 Å². The molecule has 29 heavy (non-hydrogen) atoms. The van der Waals surface area contributed by atoms with Crippen LogP contribution in [0, 0.1) is 0 Å². The largest absolute Gasteiger partial charge is 0.459 e. The van der Waals surface area contributed by atoms with Crippen molar-refractivity contribution in [3.63, 3.8) is 0 Å². The minimum Gasteiger partial charge on any atom is -0.459 e. The van der Waals surface area contributed by atoms with Crippen molar-refractivity contribution in [1.82, 2.24) is 14.1 Å². The molecular weight excluding hydrogens is 368 g/mol. The van der Waals surface area contributed by atoms with E-state index in [-0.39, 0.29) is 12.5 Å². The summed E-state index contributed by atoms with van der Waals surface area (Å²) in [5, 5.41) is 0.727. The number of imidazole rings is 1. The highest BCUT2D eigenvalue weighted by atomic mass is 16.6. The molecule has 1 amide bonds. The van der Waals surface area contributed by atoms with Crippen LogP contribution in [0.2, 0.25) is 0 Å². The molecule has 7 heteroatoms. The molecule has 0 radical (unpaired) electrons. The SMILES string of the molecule is CC(C)(C)OC(=O)Cn1cc(C(N)=O)c2cc(-c3cnc4n3CCCC4)ccc21. The first kappa shape index (κ1) is 19.2. The Morgan fingerprint density at radius 3 is 2.76 bits per heavy atom. The molecule has 3 heterocycles. The Hall–Kier alpha value is -3.09. The van der Waals surface area contributed by atoms with Crippen molar-refractivity contribution in [2.45, 2.75) is 58.7 Å². The first-order valence-electron chi connectivity index (χ1n) is 9.92. The number of amides is 1. The summed E-state index contributed by atoms with van der Waals surface area (Å²) in [6, 6.07) is 5.88. The summed E-state index contributed by atoms with van der Waals surface area (Å²) < 4.78 is 9.38. The van der Waals surface area contributed by atoms with Crippen molar-refractivity contribution in [3.05, 3.63) is 42.0 Å². The number of carbonyl (C=O) groups is 2. The van der Waals surface area contributed by atoms with E-state index in [4.69, 9.17) is 10.5 Å². The molecule has 1 aliphatic rings. The predicted molar refractivity (Wildman–Crippen MR) is 110 cm³/mol. The van der Waals surface area contributed by atoms with Crippen LogP contribution in [-0.2, 0) is 29.0 Å². The topological polar surface area (TPSA) is 92.1 Å². The molecule has 0 spiro atoms. The van der Waals surface area contributed by atoms with Gasteiger partial charge >= 0.3 is 5.97 Å². The van der Waals surface area contributed by atoms with Crippen LogP contribution < -0.4 is 5.73 Å². The lowest BCUT2D eigenvalue weighted by Gasteiger charge is -2.19. The number of rotatable bonds is 4. The first-order chi connectivity index (χ1) is 13.7. The number of fused-ring (bicyclic) bond motifs is 2. The number of hydrogen-bond acceptors (Lipinski definition) is 4. The van der Waals surface area contributed by atoms with Gasteiger partial charge < -0.3 is 19.6 Å².